The first kappa shape index (κ1) is 9.40. The highest BCUT2D eigenvalue weighted by molar-refractivity contribution is 4.95. The van der Waals surface area contributed by atoms with Crippen LogP contribution in [0.15, 0.2) is 0 Å². The second-order valence-corrected chi connectivity index (χ2v) is 4.41. The van der Waals surface area contributed by atoms with Crippen LogP contribution in [0.1, 0.15) is 27.2 Å². The second kappa shape index (κ2) is 2.67. The van der Waals surface area contributed by atoms with Crippen LogP contribution < -0.4 is 0 Å². The van der Waals surface area contributed by atoms with Gasteiger partial charge in [0.1, 0.15) is 5.60 Å². The molecule has 0 saturated carbocycles. The summed E-state index contributed by atoms with van der Waals surface area (Å²) in [5, 5.41) is 8.93. The number of aliphatic hydroxyl groups is 1. The van der Waals surface area contributed by atoms with Gasteiger partial charge in [0.15, 0.2) is 12.1 Å². The maximum atomic E-state index is 8.93. The molecule has 0 aliphatic carbocycles. The van der Waals surface area contributed by atoms with Gasteiger partial charge in [-0.1, -0.05) is 0 Å². The molecule has 0 spiro atoms. The topological polar surface area (TPSA) is 47.9 Å². The fourth-order valence-corrected chi connectivity index (χ4v) is 2.11. The lowest BCUT2D eigenvalue weighted by Gasteiger charge is -2.22. The third-order valence-corrected chi connectivity index (χ3v) is 2.52. The van der Waals surface area contributed by atoms with Gasteiger partial charge in [0.2, 0.25) is 0 Å². The van der Waals surface area contributed by atoms with E-state index in [0.717, 1.165) is 0 Å². The van der Waals surface area contributed by atoms with Gasteiger partial charge in [-0.2, -0.15) is 0 Å². The number of fused-ring (bicyclic) bond motifs is 1. The molecule has 2 saturated heterocycles. The minimum atomic E-state index is -0.570. The van der Waals surface area contributed by atoms with Crippen LogP contribution in [0.5, 0.6) is 0 Å². The fraction of sp³-hybridized carbons (Fsp3) is 1.00. The van der Waals surface area contributed by atoms with E-state index in [4.69, 9.17) is 19.3 Å². The van der Waals surface area contributed by atoms with Crippen molar-refractivity contribution in [3.63, 3.8) is 0 Å². The molecule has 76 valence electrons. The average Bonchev–Trinajstić information content (AvgIpc) is 2.35. The Hall–Kier alpha value is -0.160. The van der Waals surface area contributed by atoms with Crippen LogP contribution >= 0.6 is 0 Å². The van der Waals surface area contributed by atoms with Crippen LogP contribution in [-0.4, -0.2) is 35.5 Å². The van der Waals surface area contributed by atoms with Gasteiger partial charge in [0.25, 0.3) is 0 Å². The Bertz CT molecular complexity index is 216. The Morgan fingerprint density at radius 2 is 2.08 bits per heavy atom. The molecule has 2 aliphatic rings. The van der Waals surface area contributed by atoms with Crippen LogP contribution in [0.25, 0.3) is 0 Å². The SMILES string of the molecule is CC1(C)O[C@H]2O[C@H](CO)C[C@@]2(C)O1. The van der Waals surface area contributed by atoms with Gasteiger partial charge in [-0.25, -0.2) is 0 Å². The van der Waals surface area contributed by atoms with Crippen molar-refractivity contribution in [2.75, 3.05) is 6.61 Å². The summed E-state index contributed by atoms with van der Waals surface area (Å²) in [6.45, 7) is 5.73. The van der Waals surface area contributed by atoms with Gasteiger partial charge in [0.05, 0.1) is 12.7 Å². The number of rotatable bonds is 1. The lowest BCUT2D eigenvalue weighted by molar-refractivity contribution is -0.209. The highest BCUT2D eigenvalue weighted by atomic mass is 16.8. The monoisotopic (exact) mass is 188 g/mol. The van der Waals surface area contributed by atoms with Gasteiger partial charge in [-0.05, 0) is 20.8 Å². The van der Waals surface area contributed by atoms with Crippen molar-refractivity contribution in [3.05, 3.63) is 0 Å². The summed E-state index contributed by atoms with van der Waals surface area (Å²) in [5.74, 6) is -0.570. The van der Waals surface area contributed by atoms with Crippen molar-refractivity contribution in [2.45, 2.75) is 51.0 Å². The zero-order valence-corrected chi connectivity index (χ0v) is 8.24. The first-order valence-corrected chi connectivity index (χ1v) is 4.59. The van der Waals surface area contributed by atoms with Crippen molar-refractivity contribution in [1.29, 1.82) is 0 Å². The molecule has 2 aliphatic heterocycles. The van der Waals surface area contributed by atoms with Crippen molar-refractivity contribution in [2.24, 2.45) is 0 Å². The number of hydrogen-bond donors (Lipinski definition) is 1. The smallest absolute Gasteiger partial charge is 0.190 e. The predicted octanol–water partition coefficient (Wildman–Crippen LogP) is 0.635. The number of aliphatic hydroxyl groups excluding tert-OH is 1. The van der Waals surface area contributed by atoms with E-state index in [1.54, 1.807) is 0 Å². The molecular formula is C9H16O4. The van der Waals surface area contributed by atoms with Crippen molar-refractivity contribution in [1.82, 2.24) is 0 Å². The van der Waals surface area contributed by atoms with Gasteiger partial charge < -0.3 is 19.3 Å². The van der Waals surface area contributed by atoms with Crippen molar-refractivity contribution >= 4 is 0 Å². The van der Waals surface area contributed by atoms with E-state index in [1.807, 2.05) is 20.8 Å². The van der Waals surface area contributed by atoms with Crippen LogP contribution in [0.4, 0.5) is 0 Å². The second-order valence-electron chi connectivity index (χ2n) is 4.41. The third-order valence-electron chi connectivity index (χ3n) is 2.52. The Morgan fingerprint density at radius 1 is 1.38 bits per heavy atom. The number of ether oxygens (including phenoxy) is 3. The summed E-state index contributed by atoms with van der Waals surface area (Å²) >= 11 is 0. The first-order chi connectivity index (χ1) is 5.95. The molecule has 4 nitrogen and oxygen atoms in total. The minimum Gasteiger partial charge on any atom is -0.394 e. The molecule has 0 aromatic carbocycles. The lowest BCUT2D eigenvalue weighted by Crippen LogP contribution is -2.32. The zero-order chi connectivity index (χ0) is 9.69. The Morgan fingerprint density at radius 3 is 2.62 bits per heavy atom. The molecule has 0 radical (unpaired) electrons. The van der Waals surface area contributed by atoms with Crippen molar-refractivity contribution in [3.8, 4) is 0 Å². The van der Waals surface area contributed by atoms with Gasteiger partial charge in [-0.3, -0.25) is 0 Å². The molecule has 3 atom stereocenters. The average molecular weight is 188 g/mol. The standard InChI is InChI=1S/C9H16O4/c1-8(2)12-7-9(3,13-8)4-6(5-10)11-7/h6-7,10H,4-5H2,1-3H3/t6-,7+,9+/m0/s1. The van der Waals surface area contributed by atoms with E-state index < -0.39 is 11.4 Å². The summed E-state index contributed by atoms with van der Waals surface area (Å²) in [7, 11) is 0. The van der Waals surface area contributed by atoms with Crippen LogP contribution in [0, 0.1) is 0 Å². The Balaban J connectivity index is 2.11. The van der Waals surface area contributed by atoms with E-state index in [1.165, 1.54) is 0 Å². The normalized spacial score (nSPS) is 48.0. The van der Waals surface area contributed by atoms with Gasteiger partial charge >= 0.3 is 0 Å². The lowest BCUT2D eigenvalue weighted by atomic mass is 10.0. The van der Waals surface area contributed by atoms with E-state index in [-0.39, 0.29) is 19.0 Å². The highest BCUT2D eigenvalue weighted by Gasteiger charge is 2.56. The maximum Gasteiger partial charge on any atom is 0.190 e. The Kier molecular flexibility index (Phi) is 1.93. The van der Waals surface area contributed by atoms with Crippen LogP contribution in [0.3, 0.4) is 0 Å². The Labute approximate surface area is 77.8 Å². The molecule has 13 heavy (non-hydrogen) atoms. The molecule has 2 heterocycles. The summed E-state index contributed by atoms with van der Waals surface area (Å²) < 4.78 is 16.8. The molecule has 0 aromatic heterocycles. The van der Waals surface area contributed by atoms with Crippen molar-refractivity contribution < 1.29 is 19.3 Å². The molecule has 0 amide bonds. The zero-order valence-electron chi connectivity index (χ0n) is 8.24. The van der Waals surface area contributed by atoms with Crippen LogP contribution in [0.2, 0.25) is 0 Å². The highest BCUT2D eigenvalue weighted by Crippen LogP contribution is 2.44. The quantitative estimate of drug-likeness (QED) is 0.656. The molecule has 0 bridgehead atoms. The summed E-state index contributed by atoms with van der Waals surface area (Å²) in [5.41, 5.74) is -0.392. The molecule has 0 aromatic rings. The first-order valence-electron chi connectivity index (χ1n) is 4.59. The van der Waals surface area contributed by atoms with E-state index >= 15 is 0 Å². The summed E-state index contributed by atoms with van der Waals surface area (Å²) in [4.78, 5) is 0. The molecular weight excluding hydrogens is 172 g/mol. The van der Waals surface area contributed by atoms with E-state index in [2.05, 4.69) is 0 Å². The van der Waals surface area contributed by atoms with Crippen LogP contribution in [-0.2, 0) is 14.2 Å². The molecule has 1 N–H and O–H groups in total. The minimum absolute atomic E-state index is 0.0270. The third kappa shape index (κ3) is 1.48. The molecule has 4 heteroatoms. The maximum absolute atomic E-state index is 8.93. The predicted molar refractivity (Wildman–Crippen MR) is 45.0 cm³/mol. The van der Waals surface area contributed by atoms with E-state index in [0.29, 0.717) is 6.42 Å². The largest absolute Gasteiger partial charge is 0.394 e. The van der Waals surface area contributed by atoms with E-state index in [9.17, 15) is 0 Å². The summed E-state index contributed by atoms with van der Waals surface area (Å²) in [6, 6.07) is 0. The molecule has 0 unspecified atom stereocenters. The molecule has 2 fully saturated rings. The summed E-state index contributed by atoms with van der Waals surface area (Å²) in [6.07, 6.45) is 0.211. The number of hydrogen-bond acceptors (Lipinski definition) is 4. The fourth-order valence-electron chi connectivity index (χ4n) is 2.11. The molecule has 2 rings (SSSR count). The van der Waals surface area contributed by atoms with Gasteiger partial charge in [0, 0.05) is 6.42 Å². The van der Waals surface area contributed by atoms with Gasteiger partial charge in [-0.15, -0.1) is 0 Å².